The molecule has 0 rings (SSSR count). The van der Waals surface area contributed by atoms with E-state index in [9.17, 15) is 9.59 Å². The molecule has 16 heavy (non-hydrogen) atoms. The van der Waals surface area contributed by atoms with E-state index in [1.807, 2.05) is 0 Å². The maximum Gasteiger partial charge on any atom is 0.419 e. The highest BCUT2D eigenvalue weighted by Crippen LogP contribution is 2.09. The zero-order chi connectivity index (χ0) is 12.1. The second kappa shape index (κ2) is 7.29. The molecule has 0 unspecified atom stereocenters. The molecule has 6 nitrogen and oxygen atoms in total. The van der Waals surface area contributed by atoms with Crippen LogP contribution >= 0.6 is 12.4 Å². The fourth-order valence-electron chi connectivity index (χ4n) is 0.806. The Balaban J connectivity index is 0. The van der Waals surface area contributed by atoms with Crippen LogP contribution in [0.3, 0.4) is 0 Å². The second-order valence-electron chi connectivity index (χ2n) is 4.02. The van der Waals surface area contributed by atoms with E-state index in [-0.39, 0.29) is 19.0 Å². The van der Waals surface area contributed by atoms with Crippen molar-refractivity contribution in [1.82, 2.24) is 10.2 Å². The van der Waals surface area contributed by atoms with Crippen LogP contribution < -0.4 is 5.32 Å². The molecule has 0 aromatic carbocycles. The molecule has 2 N–H and O–H groups in total. The minimum Gasteiger partial charge on any atom is -0.465 e. The highest BCUT2D eigenvalue weighted by Gasteiger charge is 2.26. The van der Waals surface area contributed by atoms with Gasteiger partial charge in [0.15, 0.2) is 0 Å². The molecular weight excluding hydrogens is 236 g/mol. The van der Waals surface area contributed by atoms with Gasteiger partial charge in [-0.1, -0.05) is 0 Å². The van der Waals surface area contributed by atoms with Gasteiger partial charge in [0.05, 0.1) is 0 Å². The molecule has 0 radical (unpaired) electrons. The number of carbonyl (C=O) groups is 2. The molecule has 0 fully saturated rings. The van der Waals surface area contributed by atoms with Crippen molar-refractivity contribution in [2.75, 3.05) is 20.1 Å². The van der Waals surface area contributed by atoms with Gasteiger partial charge in [-0.3, -0.25) is 0 Å². The molecular formula is C9H19ClN2O4. The van der Waals surface area contributed by atoms with Gasteiger partial charge in [-0.05, 0) is 27.8 Å². The fourth-order valence-corrected chi connectivity index (χ4v) is 0.806. The Morgan fingerprint density at radius 3 is 2.19 bits per heavy atom. The lowest BCUT2D eigenvalue weighted by Gasteiger charge is -2.24. The molecule has 0 atom stereocenters. The monoisotopic (exact) mass is 254 g/mol. The van der Waals surface area contributed by atoms with Crippen LogP contribution in [0, 0.1) is 0 Å². The summed E-state index contributed by atoms with van der Waals surface area (Å²) < 4.78 is 4.94. The van der Waals surface area contributed by atoms with Gasteiger partial charge in [-0.25, -0.2) is 14.5 Å². The van der Waals surface area contributed by atoms with Crippen LogP contribution in [0.5, 0.6) is 0 Å². The third-order valence-electron chi connectivity index (χ3n) is 1.43. The van der Waals surface area contributed by atoms with E-state index in [0.717, 1.165) is 0 Å². The molecule has 0 saturated carbocycles. The van der Waals surface area contributed by atoms with Gasteiger partial charge in [0.25, 0.3) is 0 Å². The number of hydrogen-bond donors (Lipinski definition) is 2. The number of amides is 2. The summed E-state index contributed by atoms with van der Waals surface area (Å²) in [6, 6.07) is 0. The number of imide groups is 1. The first kappa shape index (κ1) is 17.4. The van der Waals surface area contributed by atoms with Crippen LogP contribution in [0.15, 0.2) is 0 Å². The molecule has 0 bridgehead atoms. The Bertz CT molecular complexity index is 240. The minimum absolute atomic E-state index is 0. The van der Waals surface area contributed by atoms with Crippen LogP contribution in [0.4, 0.5) is 9.59 Å². The van der Waals surface area contributed by atoms with Crippen LogP contribution in [0.1, 0.15) is 20.8 Å². The second-order valence-corrected chi connectivity index (χ2v) is 4.02. The van der Waals surface area contributed by atoms with Crippen molar-refractivity contribution in [2.24, 2.45) is 0 Å². The molecule has 96 valence electrons. The van der Waals surface area contributed by atoms with Gasteiger partial charge in [-0.2, -0.15) is 0 Å². The van der Waals surface area contributed by atoms with Gasteiger partial charge in [0.2, 0.25) is 0 Å². The molecule has 0 heterocycles. The normalized spacial score (nSPS) is 10.2. The Labute approximate surface area is 101 Å². The Morgan fingerprint density at radius 2 is 1.88 bits per heavy atom. The predicted octanol–water partition coefficient (Wildman–Crippen LogP) is 1.54. The van der Waals surface area contributed by atoms with Crippen molar-refractivity contribution in [3.63, 3.8) is 0 Å². The lowest BCUT2D eigenvalue weighted by Crippen LogP contribution is -2.43. The van der Waals surface area contributed by atoms with E-state index in [4.69, 9.17) is 9.84 Å². The predicted molar refractivity (Wildman–Crippen MR) is 62.1 cm³/mol. The van der Waals surface area contributed by atoms with Gasteiger partial charge in [-0.15, -0.1) is 12.4 Å². The largest absolute Gasteiger partial charge is 0.465 e. The van der Waals surface area contributed by atoms with Crippen molar-refractivity contribution in [3.8, 4) is 0 Å². The maximum atomic E-state index is 11.4. The lowest BCUT2D eigenvalue weighted by atomic mass is 10.2. The quantitative estimate of drug-likeness (QED) is 0.799. The van der Waals surface area contributed by atoms with E-state index in [1.54, 1.807) is 27.8 Å². The summed E-state index contributed by atoms with van der Waals surface area (Å²) in [5.41, 5.74) is -0.690. The van der Waals surface area contributed by atoms with E-state index in [0.29, 0.717) is 11.4 Å². The van der Waals surface area contributed by atoms with Gasteiger partial charge >= 0.3 is 12.2 Å². The third-order valence-corrected chi connectivity index (χ3v) is 1.43. The Hall–Kier alpha value is -1.01. The standard InChI is InChI=1S/C9H18N2O4.ClH/c1-9(2,3)15-8(14)11(7(12)13)6-5-10-4;/h10H,5-6H2,1-4H3,(H,12,13);1H. The molecule has 0 aliphatic heterocycles. The summed E-state index contributed by atoms with van der Waals surface area (Å²) in [5, 5.41) is 11.5. The molecule has 2 amide bonds. The average Bonchev–Trinajstić information content (AvgIpc) is 2.00. The first-order valence-corrected chi connectivity index (χ1v) is 4.66. The number of carboxylic acid groups (broad SMARTS) is 1. The molecule has 0 aromatic rings. The third kappa shape index (κ3) is 7.30. The highest BCUT2D eigenvalue weighted by molar-refractivity contribution is 5.86. The number of rotatable bonds is 3. The number of halogens is 1. The first-order chi connectivity index (χ1) is 6.78. The minimum atomic E-state index is -1.31. The zero-order valence-electron chi connectivity index (χ0n) is 9.94. The smallest absolute Gasteiger partial charge is 0.419 e. The molecule has 0 aliphatic carbocycles. The average molecular weight is 255 g/mol. The number of nitrogens with one attached hydrogen (secondary N) is 1. The topological polar surface area (TPSA) is 78.9 Å². The highest BCUT2D eigenvalue weighted by atomic mass is 35.5. The van der Waals surface area contributed by atoms with E-state index >= 15 is 0 Å². The number of carbonyl (C=O) groups excluding carboxylic acids is 1. The van der Waals surface area contributed by atoms with Crippen molar-refractivity contribution in [1.29, 1.82) is 0 Å². The van der Waals surface area contributed by atoms with E-state index < -0.39 is 17.8 Å². The fraction of sp³-hybridized carbons (Fsp3) is 0.778. The van der Waals surface area contributed by atoms with Crippen LogP contribution in [-0.2, 0) is 4.74 Å². The molecule has 0 saturated heterocycles. The van der Waals surface area contributed by atoms with E-state index in [2.05, 4.69) is 5.32 Å². The number of hydrogen-bond acceptors (Lipinski definition) is 4. The van der Waals surface area contributed by atoms with Crippen molar-refractivity contribution in [2.45, 2.75) is 26.4 Å². The molecule has 7 heteroatoms. The molecule has 0 aliphatic rings. The zero-order valence-corrected chi connectivity index (χ0v) is 10.8. The van der Waals surface area contributed by atoms with Crippen LogP contribution in [0.25, 0.3) is 0 Å². The number of nitrogens with zero attached hydrogens (tertiary/aromatic N) is 1. The maximum absolute atomic E-state index is 11.4. The summed E-state index contributed by atoms with van der Waals surface area (Å²) in [4.78, 5) is 22.8. The first-order valence-electron chi connectivity index (χ1n) is 4.66. The van der Waals surface area contributed by atoms with Crippen molar-refractivity contribution in [3.05, 3.63) is 0 Å². The van der Waals surface area contributed by atoms with Gasteiger partial charge in [0.1, 0.15) is 5.60 Å². The van der Waals surface area contributed by atoms with Crippen molar-refractivity contribution < 1.29 is 19.4 Å². The number of likely N-dealkylation sites (N-methyl/N-ethyl adjacent to an activating group) is 1. The molecule has 0 aromatic heterocycles. The van der Waals surface area contributed by atoms with E-state index in [1.165, 1.54) is 0 Å². The van der Waals surface area contributed by atoms with Crippen LogP contribution in [-0.4, -0.2) is 47.9 Å². The number of ether oxygens (including phenoxy) is 1. The van der Waals surface area contributed by atoms with Gasteiger partial charge in [0, 0.05) is 13.1 Å². The lowest BCUT2D eigenvalue weighted by molar-refractivity contribution is 0.0272. The summed E-state index contributed by atoms with van der Waals surface area (Å²) >= 11 is 0. The summed E-state index contributed by atoms with van der Waals surface area (Å²) in [6.07, 6.45) is -2.15. The van der Waals surface area contributed by atoms with Crippen molar-refractivity contribution >= 4 is 24.6 Å². The van der Waals surface area contributed by atoms with Crippen LogP contribution in [0.2, 0.25) is 0 Å². The summed E-state index contributed by atoms with van der Waals surface area (Å²) in [6.45, 7) is 5.52. The van der Waals surface area contributed by atoms with Gasteiger partial charge < -0.3 is 15.2 Å². The Kier molecular flexibility index (Phi) is 7.93. The summed E-state index contributed by atoms with van der Waals surface area (Å²) in [7, 11) is 1.68. The summed E-state index contributed by atoms with van der Waals surface area (Å²) in [5.74, 6) is 0. The SMILES string of the molecule is CNCCN(C(=O)O)C(=O)OC(C)(C)C.Cl. The molecule has 0 spiro atoms. The Morgan fingerprint density at radius 1 is 1.38 bits per heavy atom.